The Labute approximate surface area is 152 Å². The molecule has 0 bridgehead atoms. The Morgan fingerprint density at radius 1 is 0.583 bits per heavy atom. The molecule has 2 nitrogen and oxygen atoms in total. The van der Waals surface area contributed by atoms with Crippen LogP contribution in [-0.2, 0) is 12.8 Å². The number of benzene rings is 2. The summed E-state index contributed by atoms with van der Waals surface area (Å²) in [6, 6.07) is 15.0. The molecule has 0 aliphatic rings. The van der Waals surface area contributed by atoms with Gasteiger partial charge in [0, 0.05) is 11.1 Å². The van der Waals surface area contributed by atoms with Crippen molar-refractivity contribution >= 4 is 33.7 Å². The van der Waals surface area contributed by atoms with E-state index in [4.69, 9.17) is 23.2 Å². The van der Waals surface area contributed by atoms with Crippen LogP contribution in [0.2, 0.25) is 0 Å². The van der Waals surface area contributed by atoms with Crippen LogP contribution in [0, 0.1) is 0 Å². The van der Waals surface area contributed by atoms with Crippen molar-refractivity contribution < 1.29 is 9.59 Å². The molecule has 0 unspecified atom stereocenters. The maximum Gasteiger partial charge on any atom is 0.252 e. The minimum absolute atomic E-state index is 0.412. The fraction of sp³-hybridized carbons (Fsp3) is 0.300. The summed E-state index contributed by atoms with van der Waals surface area (Å²) in [6.07, 6.45) is 6.65. The first-order valence-corrected chi connectivity index (χ1v) is 8.89. The molecule has 24 heavy (non-hydrogen) atoms. The van der Waals surface area contributed by atoms with Gasteiger partial charge in [0.15, 0.2) is 0 Å². The summed E-state index contributed by atoms with van der Waals surface area (Å²) in [7, 11) is 0. The number of carbonyl (C=O) groups is 2. The van der Waals surface area contributed by atoms with E-state index in [2.05, 4.69) is 0 Å². The van der Waals surface area contributed by atoms with Gasteiger partial charge in [0.25, 0.3) is 10.5 Å². The Hall–Kier alpha value is -1.64. The number of rotatable bonds is 9. The number of carbonyl (C=O) groups excluding carboxylic acids is 2. The van der Waals surface area contributed by atoms with Gasteiger partial charge in [-0.05, 0) is 84.3 Å². The first-order valence-electron chi connectivity index (χ1n) is 8.14. The van der Waals surface area contributed by atoms with Crippen molar-refractivity contribution in [3.05, 3.63) is 70.8 Å². The van der Waals surface area contributed by atoms with Crippen molar-refractivity contribution in [2.75, 3.05) is 0 Å². The number of halogens is 2. The van der Waals surface area contributed by atoms with Gasteiger partial charge in [-0.3, -0.25) is 9.59 Å². The highest BCUT2D eigenvalue weighted by Crippen LogP contribution is 2.13. The van der Waals surface area contributed by atoms with Crippen LogP contribution in [0.15, 0.2) is 48.5 Å². The molecule has 0 aromatic heterocycles. The second kappa shape index (κ2) is 9.61. The molecule has 2 aromatic rings. The second-order valence-corrected chi connectivity index (χ2v) is 6.54. The van der Waals surface area contributed by atoms with Crippen LogP contribution < -0.4 is 0 Å². The van der Waals surface area contributed by atoms with Crippen molar-refractivity contribution in [1.29, 1.82) is 0 Å². The lowest BCUT2D eigenvalue weighted by Crippen LogP contribution is -1.92. The molecule has 2 aromatic carbocycles. The van der Waals surface area contributed by atoms with E-state index in [-0.39, 0.29) is 0 Å². The molecule has 0 saturated heterocycles. The van der Waals surface area contributed by atoms with Crippen LogP contribution in [-0.4, -0.2) is 10.5 Å². The molecule has 0 spiro atoms. The molecule has 0 atom stereocenters. The Bertz CT molecular complexity index is 614. The van der Waals surface area contributed by atoms with Crippen molar-refractivity contribution in [3.8, 4) is 0 Å². The van der Waals surface area contributed by atoms with E-state index in [1.807, 2.05) is 24.3 Å². The van der Waals surface area contributed by atoms with E-state index in [0.29, 0.717) is 11.1 Å². The topological polar surface area (TPSA) is 34.1 Å². The van der Waals surface area contributed by atoms with Gasteiger partial charge in [0.05, 0.1) is 0 Å². The predicted molar refractivity (Wildman–Crippen MR) is 99.1 cm³/mol. The molecule has 0 saturated carbocycles. The fourth-order valence-electron chi connectivity index (χ4n) is 2.62. The third-order valence-corrected chi connectivity index (χ3v) is 4.48. The summed E-state index contributed by atoms with van der Waals surface area (Å²) < 4.78 is 0. The zero-order valence-corrected chi connectivity index (χ0v) is 14.9. The molecule has 4 heteroatoms. The highest BCUT2D eigenvalue weighted by atomic mass is 35.5. The van der Waals surface area contributed by atoms with Crippen molar-refractivity contribution in [3.63, 3.8) is 0 Å². The maximum atomic E-state index is 11.0. The first kappa shape index (κ1) is 18.7. The van der Waals surface area contributed by atoms with E-state index < -0.39 is 10.5 Å². The van der Waals surface area contributed by atoms with Crippen molar-refractivity contribution in [2.45, 2.75) is 38.5 Å². The van der Waals surface area contributed by atoms with Crippen molar-refractivity contribution in [1.82, 2.24) is 0 Å². The number of hydrogen-bond acceptors (Lipinski definition) is 2. The number of hydrogen-bond donors (Lipinski definition) is 0. The monoisotopic (exact) mass is 362 g/mol. The van der Waals surface area contributed by atoms with Crippen LogP contribution >= 0.6 is 23.2 Å². The van der Waals surface area contributed by atoms with E-state index in [9.17, 15) is 9.59 Å². The molecule has 0 radical (unpaired) electrons. The van der Waals surface area contributed by atoms with Crippen LogP contribution in [0.25, 0.3) is 0 Å². The van der Waals surface area contributed by atoms with Gasteiger partial charge in [-0.1, -0.05) is 37.1 Å². The van der Waals surface area contributed by atoms with Crippen LogP contribution in [0.5, 0.6) is 0 Å². The molecule has 126 valence electrons. The highest BCUT2D eigenvalue weighted by Gasteiger charge is 2.02. The van der Waals surface area contributed by atoms with Gasteiger partial charge in [0.2, 0.25) is 0 Å². The van der Waals surface area contributed by atoms with Gasteiger partial charge in [-0.15, -0.1) is 0 Å². The maximum absolute atomic E-state index is 11.0. The van der Waals surface area contributed by atoms with Gasteiger partial charge in [-0.25, -0.2) is 0 Å². The molecule has 0 aliphatic carbocycles. The van der Waals surface area contributed by atoms with Crippen LogP contribution in [0.3, 0.4) is 0 Å². The average Bonchev–Trinajstić information content (AvgIpc) is 2.58. The summed E-state index contributed by atoms with van der Waals surface area (Å²) in [5.74, 6) is 0. The molecule has 0 aliphatic heterocycles. The van der Waals surface area contributed by atoms with Gasteiger partial charge >= 0.3 is 0 Å². The normalized spacial score (nSPS) is 10.6. The lowest BCUT2D eigenvalue weighted by Gasteiger charge is -2.04. The lowest BCUT2D eigenvalue weighted by molar-refractivity contribution is 0.107. The van der Waals surface area contributed by atoms with Crippen molar-refractivity contribution in [2.24, 2.45) is 0 Å². The second-order valence-electron chi connectivity index (χ2n) is 5.86. The molecule has 0 fully saturated rings. The smallest absolute Gasteiger partial charge is 0.252 e. The Balaban J connectivity index is 1.62. The minimum Gasteiger partial charge on any atom is -0.276 e. The summed E-state index contributed by atoms with van der Waals surface area (Å²) >= 11 is 10.9. The van der Waals surface area contributed by atoms with Gasteiger partial charge in [0.1, 0.15) is 0 Å². The standard InChI is InChI=1S/C20H20Cl2O2/c21-19(23)17-11-7-15(8-12-17)5-3-1-2-4-6-16-9-13-18(14-10-16)20(22)24/h7-14H,1-6H2. The zero-order valence-electron chi connectivity index (χ0n) is 13.4. The number of unbranched alkanes of at least 4 members (excludes halogenated alkanes) is 3. The summed E-state index contributed by atoms with van der Waals surface area (Å²) in [5.41, 5.74) is 3.56. The third-order valence-electron chi connectivity index (χ3n) is 4.04. The van der Waals surface area contributed by atoms with E-state index in [0.717, 1.165) is 25.7 Å². The first-order chi connectivity index (χ1) is 11.6. The Morgan fingerprint density at radius 2 is 0.917 bits per heavy atom. The quantitative estimate of drug-likeness (QED) is 0.417. The van der Waals surface area contributed by atoms with E-state index >= 15 is 0 Å². The largest absolute Gasteiger partial charge is 0.276 e. The molecule has 2 rings (SSSR count). The number of aryl methyl sites for hydroxylation is 2. The SMILES string of the molecule is O=C(Cl)c1ccc(CCCCCCc2ccc(C(=O)Cl)cc2)cc1. The van der Waals surface area contributed by atoms with Crippen LogP contribution in [0.4, 0.5) is 0 Å². The third kappa shape index (κ3) is 6.10. The van der Waals surface area contributed by atoms with E-state index in [1.54, 1.807) is 24.3 Å². The Morgan fingerprint density at radius 3 is 1.21 bits per heavy atom. The average molecular weight is 363 g/mol. The van der Waals surface area contributed by atoms with Gasteiger partial charge < -0.3 is 0 Å². The molecule has 0 N–H and O–H groups in total. The molecular formula is C20H20Cl2O2. The highest BCUT2D eigenvalue weighted by molar-refractivity contribution is 6.68. The Kier molecular flexibility index (Phi) is 7.48. The molecular weight excluding hydrogens is 343 g/mol. The lowest BCUT2D eigenvalue weighted by atomic mass is 10.0. The minimum atomic E-state index is -0.412. The summed E-state index contributed by atoms with van der Waals surface area (Å²) in [4.78, 5) is 22.0. The van der Waals surface area contributed by atoms with Gasteiger partial charge in [-0.2, -0.15) is 0 Å². The molecule has 0 amide bonds. The zero-order chi connectivity index (χ0) is 17.4. The fourth-order valence-corrected chi connectivity index (χ4v) is 2.87. The molecule has 0 heterocycles. The summed E-state index contributed by atoms with van der Waals surface area (Å²) in [5, 5.41) is -0.824. The predicted octanol–water partition coefficient (Wildman–Crippen LogP) is 5.79. The van der Waals surface area contributed by atoms with E-state index in [1.165, 1.54) is 24.0 Å². The van der Waals surface area contributed by atoms with Crippen LogP contribution in [0.1, 0.15) is 57.5 Å². The summed E-state index contributed by atoms with van der Waals surface area (Å²) in [6.45, 7) is 0.